The average Bonchev–Trinajstić information content (AvgIpc) is 2.64. The van der Waals surface area contributed by atoms with Crippen LogP contribution in [0.2, 0.25) is 0 Å². The fourth-order valence-electron chi connectivity index (χ4n) is 3.19. The van der Waals surface area contributed by atoms with E-state index in [1.54, 1.807) is 6.92 Å². The molecule has 0 spiro atoms. The first-order valence-electron chi connectivity index (χ1n) is 8.57. The van der Waals surface area contributed by atoms with Crippen molar-refractivity contribution in [2.75, 3.05) is 5.32 Å². The molecule has 3 aromatic rings. The number of anilines is 1. The van der Waals surface area contributed by atoms with Gasteiger partial charge in [-0.05, 0) is 42.6 Å². The number of nitrogens with one attached hydrogen (secondary N) is 1. The quantitative estimate of drug-likeness (QED) is 0.546. The summed E-state index contributed by atoms with van der Waals surface area (Å²) in [5, 5.41) is 3.43. The second kappa shape index (κ2) is 7.28. The first-order valence-corrected chi connectivity index (χ1v) is 8.57. The number of benzene rings is 1. The largest absolute Gasteiger partial charge is 0.416 e. The minimum absolute atomic E-state index is 0.0111. The first kappa shape index (κ1) is 20.5. The molecular weight excluding hydrogens is 380 g/mol. The van der Waals surface area contributed by atoms with E-state index in [1.165, 1.54) is 36.7 Å². The molecule has 1 aromatic carbocycles. The van der Waals surface area contributed by atoms with Crippen LogP contribution in [0.25, 0.3) is 11.0 Å². The smallest absolute Gasteiger partial charge is 0.352 e. The average molecular weight is 396 g/mol. The van der Waals surface area contributed by atoms with Gasteiger partial charge in [0, 0.05) is 7.05 Å². The molecule has 0 saturated carbocycles. The zero-order valence-electron chi connectivity index (χ0n) is 15.9. The Morgan fingerprint density at radius 3 is 2.59 bits per heavy atom. The fourth-order valence-corrected chi connectivity index (χ4v) is 3.19. The molecule has 0 aliphatic heterocycles. The highest BCUT2D eigenvalue weighted by atomic mass is 19.4. The zero-order valence-corrected chi connectivity index (χ0v) is 15.9. The Balaban J connectivity index is 2.16. The highest BCUT2D eigenvalue weighted by Crippen LogP contribution is 2.35. The number of aryl methyl sites for hydroxylation is 2. The maximum atomic E-state index is 13.3. The first-order chi connectivity index (χ1) is 13.5. The summed E-state index contributed by atoms with van der Waals surface area (Å²) in [4.78, 5) is 20.7. The van der Waals surface area contributed by atoms with Crippen LogP contribution in [0.1, 0.15) is 28.6 Å². The lowest BCUT2D eigenvalue weighted by atomic mass is 9.95. The Morgan fingerprint density at radius 1 is 1.28 bits per heavy atom. The molecule has 3 rings (SSSR count). The van der Waals surface area contributed by atoms with E-state index < -0.39 is 23.3 Å². The molecule has 146 valence electrons. The van der Waals surface area contributed by atoms with Gasteiger partial charge in [-0.3, -0.25) is 9.36 Å². The molecule has 2 aromatic heterocycles. The van der Waals surface area contributed by atoms with E-state index in [1.807, 2.05) is 0 Å². The highest BCUT2D eigenvalue weighted by molar-refractivity contribution is 6.32. The van der Waals surface area contributed by atoms with Crippen LogP contribution in [0.15, 0.2) is 29.1 Å². The molecule has 1 atom stereocenters. The molecule has 1 N–H and O–H groups in total. The van der Waals surface area contributed by atoms with Crippen LogP contribution >= 0.6 is 0 Å². The monoisotopic (exact) mass is 396 g/mol. The lowest BCUT2D eigenvalue weighted by Crippen LogP contribution is -2.33. The number of halogens is 3. The van der Waals surface area contributed by atoms with Crippen molar-refractivity contribution < 1.29 is 13.2 Å². The molecule has 5 nitrogen and oxygen atoms in total. The van der Waals surface area contributed by atoms with Crippen LogP contribution in [-0.4, -0.2) is 22.4 Å². The Bertz CT molecular complexity index is 1210. The van der Waals surface area contributed by atoms with Gasteiger partial charge in [0.1, 0.15) is 31.2 Å². The summed E-state index contributed by atoms with van der Waals surface area (Å²) in [6, 6.07) is 4.37. The third-order valence-electron chi connectivity index (χ3n) is 4.65. The molecule has 0 bridgehead atoms. The standard InChI is InChI=1S/C20H16BF3N4O/c1-5-16(12-7-6-8-14(10(12)2)20(22,23)24)27-17-13-9-15(21)19(29)28(4)18(13)26-11(3)25-17/h1,6-9,16H,2-4H3,(H,25,26,27). The van der Waals surface area contributed by atoms with Gasteiger partial charge in [-0.15, -0.1) is 6.42 Å². The Kier molecular flexibility index (Phi) is 5.14. The highest BCUT2D eigenvalue weighted by Gasteiger charge is 2.33. The van der Waals surface area contributed by atoms with Crippen molar-refractivity contribution in [2.24, 2.45) is 7.05 Å². The van der Waals surface area contributed by atoms with Crippen LogP contribution in [0.5, 0.6) is 0 Å². The SMILES string of the molecule is [B]c1cc2c(NC(C#C)c3cccc(C(F)(F)F)c3C)nc(C)nc2n(C)c1=O. The van der Waals surface area contributed by atoms with E-state index in [-0.39, 0.29) is 16.8 Å². The van der Waals surface area contributed by atoms with Gasteiger partial charge < -0.3 is 5.32 Å². The molecule has 0 fully saturated rings. The topological polar surface area (TPSA) is 59.8 Å². The summed E-state index contributed by atoms with van der Waals surface area (Å²) >= 11 is 0. The van der Waals surface area contributed by atoms with Gasteiger partial charge in [0.25, 0.3) is 0 Å². The van der Waals surface area contributed by atoms with Crippen molar-refractivity contribution in [3.05, 3.63) is 57.1 Å². The molecule has 0 amide bonds. The lowest BCUT2D eigenvalue weighted by Gasteiger charge is -2.21. The van der Waals surface area contributed by atoms with Gasteiger partial charge in [0.15, 0.2) is 0 Å². The molecular formula is C20H16BF3N4O. The Hall–Kier alpha value is -3.28. The molecule has 0 aliphatic rings. The van der Waals surface area contributed by atoms with Crippen LogP contribution in [-0.2, 0) is 13.2 Å². The predicted octanol–water partition coefficient (Wildman–Crippen LogP) is 2.54. The zero-order chi connectivity index (χ0) is 21.5. The molecule has 1 unspecified atom stereocenters. The van der Waals surface area contributed by atoms with E-state index in [4.69, 9.17) is 14.3 Å². The summed E-state index contributed by atoms with van der Waals surface area (Å²) in [6.07, 6.45) is 1.13. The van der Waals surface area contributed by atoms with Gasteiger partial charge in [-0.25, -0.2) is 9.97 Å². The van der Waals surface area contributed by atoms with Crippen molar-refractivity contribution in [3.63, 3.8) is 0 Å². The van der Waals surface area contributed by atoms with E-state index in [2.05, 4.69) is 21.2 Å². The fraction of sp³-hybridized carbons (Fsp3) is 0.250. The van der Waals surface area contributed by atoms with Crippen molar-refractivity contribution in [2.45, 2.75) is 26.1 Å². The number of hydrogen-bond acceptors (Lipinski definition) is 4. The second-order valence-electron chi connectivity index (χ2n) is 6.58. The lowest BCUT2D eigenvalue weighted by molar-refractivity contribution is -0.138. The van der Waals surface area contributed by atoms with Crippen molar-refractivity contribution in [3.8, 4) is 12.3 Å². The molecule has 0 saturated heterocycles. The molecule has 0 aliphatic carbocycles. The summed E-state index contributed by atoms with van der Waals surface area (Å²) in [5.41, 5.74) is -0.531. The number of terminal acetylenes is 1. The van der Waals surface area contributed by atoms with E-state index in [9.17, 15) is 18.0 Å². The van der Waals surface area contributed by atoms with Crippen molar-refractivity contribution in [1.82, 2.24) is 14.5 Å². The molecule has 2 heterocycles. The van der Waals surface area contributed by atoms with E-state index in [0.29, 0.717) is 22.4 Å². The van der Waals surface area contributed by atoms with Gasteiger partial charge in [-0.2, -0.15) is 13.2 Å². The van der Waals surface area contributed by atoms with Crippen LogP contribution in [0.3, 0.4) is 0 Å². The number of hydrogen-bond donors (Lipinski definition) is 1. The number of rotatable bonds is 3. The third-order valence-corrected chi connectivity index (χ3v) is 4.65. The summed E-state index contributed by atoms with van der Waals surface area (Å²) in [6.45, 7) is 3.00. The number of aromatic nitrogens is 3. The normalized spacial score (nSPS) is 12.6. The second-order valence-corrected chi connectivity index (χ2v) is 6.58. The van der Waals surface area contributed by atoms with Gasteiger partial charge in [0.2, 0.25) is 5.56 Å². The Morgan fingerprint density at radius 2 is 1.97 bits per heavy atom. The number of nitrogens with zero attached hydrogens (tertiary/aromatic N) is 3. The molecule has 29 heavy (non-hydrogen) atoms. The van der Waals surface area contributed by atoms with Gasteiger partial charge in [0.05, 0.1) is 10.9 Å². The minimum atomic E-state index is -4.50. The maximum Gasteiger partial charge on any atom is 0.416 e. The summed E-state index contributed by atoms with van der Waals surface area (Å²) in [7, 11) is 7.30. The van der Waals surface area contributed by atoms with Crippen LogP contribution in [0.4, 0.5) is 19.0 Å². The summed E-state index contributed by atoms with van der Waals surface area (Å²) in [5.74, 6) is 3.10. The van der Waals surface area contributed by atoms with Crippen LogP contribution in [0, 0.1) is 26.2 Å². The summed E-state index contributed by atoms with van der Waals surface area (Å²) < 4.78 is 41.1. The van der Waals surface area contributed by atoms with Gasteiger partial charge >= 0.3 is 6.18 Å². The van der Waals surface area contributed by atoms with Crippen LogP contribution < -0.4 is 16.3 Å². The Labute approximate surface area is 166 Å². The van der Waals surface area contributed by atoms with Gasteiger partial charge in [-0.1, -0.05) is 18.1 Å². The van der Waals surface area contributed by atoms with E-state index in [0.717, 1.165) is 6.07 Å². The molecule has 9 heteroatoms. The van der Waals surface area contributed by atoms with Crippen molar-refractivity contribution in [1.29, 1.82) is 0 Å². The number of pyridine rings is 1. The third kappa shape index (κ3) is 3.70. The predicted molar refractivity (Wildman–Crippen MR) is 106 cm³/mol. The number of alkyl halides is 3. The number of fused-ring (bicyclic) bond motifs is 1. The van der Waals surface area contributed by atoms with Crippen molar-refractivity contribution >= 4 is 30.2 Å². The minimum Gasteiger partial charge on any atom is -0.352 e. The maximum absolute atomic E-state index is 13.3. The molecule has 2 radical (unpaired) electrons. The van der Waals surface area contributed by atoms with E-state index >= 15 is 0 Å².